The lowest BCUT2D eigenvalue weighted by atomic mass is 9.95. The van der Waals surface area contributed by atoms with Gasteiger partial charge in [-0.25, -0.2) is 17.6 Å². The average molecular weight is 490 g/mol. The van der Waals surface area contributed by atoms with Crippen LogP contribution < -0.4 is 0 Å². The van der Waals surface area contributed by atoms with E-state index in [9.17, 15) is 43.9 Å². The van der Waals surface area contributed by atoms with Crippen molar-refractivity contribution in [2.75, 3.05) is 0 Å². The molecule has 0 unspecified atom stereocenters. The normalized spacial score (nSPS) is 12.4. The van der Waals surface area contributed by atoms with Crippen molar-refractivity contribution in [3.63, 3.8) is 0 Å². The summed E-state index contributed by atoms with van der Waals surface area (Å²) in [5, 5.41) is 4.81. The Morgan fingerprint density at radius 2 is 1.09 bits per heavy atom. The number of hydrogen-bond acceptors (Lipinski definition) is 2. The lowest BCUT2D eigenvalue weighted by Crippen LogP contribution is -2.13. The third kappa shape index (κ3) is 3.82. The van der Waals surface area contributed by atoms with E-state index >= 15 is 0 Å². The first-order valence-corrected chi connectivity index (χ1v) is 9.19. The van der Waals surface area contributed by atoms with E-state index < -0.39 is 74.5 Å². The van der Waals surface area contributed by atoms with Gasteiger partial charge in [0.05, 0.1) is 21.9 Å². The molecule has 0 saturated carbocycles. The van der Waals surface area contributed by atoms with Gasteiger partial charge in [-0.05, 0) is 12.1 Å². The predicted molar refractivity (Wildman–Crippen MR) is 100 cm³/mol. The van der Waals surface area contributed by atoms with Crippen molar-refractivity contribution in [2.24, 2.45) is 0 Å². The molecule has 4 rings (SSSR count). The molecule has 0 atom stereocenters. The molecule has 176 valence electrons. The maximum atomic E-state index is 14.9. The van der Waals surface area contributed by atoms with Crippen LogP contribution in [0.2, 0.25) is 0 Å². The summed E-state index contributed by atoms with van der Waals surface area (Å²) in [4.78, 5) is 0. The van der Waals surface area contributed by atoms with Crippen LogP contribution in [-0.2, 0) is 12.4 Å². The summed E-state index contributed by atoms with van der Waals surface area (Å²) in [6, 6.07) is 7.38. The van der Waals surface area contributed by atoms with Crippen LogP contribution in [-0.4, -0.2) is 10.2 Å². The molecule has 0 N–H and O–H groups in total. The van der Waals surface area contributed by atoms with Crippen molar-refractivity contribution >= 4 is 10.8 Å². The van der Waals surface area contributed by atoms with Crippen molar-refractivity contribution in [1.29, 1.82) is 0 Å². The molecule has 2 nitrogen and oxygen atoms in total. The molecule has 12 heteroatoms. The van der Waals surface area contributed by atoms with Gasteiger partial charge in [-0.1, -0.05) is 36.4 Å². The Kier molecular flexibility index (Phi) is 5.49. The highest BCUT2D eigenvalue weighted by molar-refractivity contribution is 6.02. The lowest BCUT2D eigenvalue weighted by molar-refractivity contribution is -0.142. The number of rotatable bonds is 2. The Morgan fingerprint density at radius 3 is 1.62 bits per heavy atom. The minimum Gasteiger partial charge on any atom is -0.203 e. The second-order valence-corrected chi connectivity index (χ2v) is 7.03. The molecule has 0 aliphatic carbocycles. The quantitative estimate of drug-likeness (QED) is 0.165. The van der Waals surface area contributed by atoms with E-state index in [1.165, 1.54) is 30.3 Å². The minimum atomic E-state index is -5.41. The summed E-state index contributed by atoms with van der Waals surface area (Å²) >= 11 is 0. The molecule has 0 fully saturated rings. The van der Waals surface area contributed by atoms with Crippen molar-refractivity contribution < 1.29 is 43.9 Å². The van der Waals surface area contributed by atoms with Crippen LogP contribution >= 0.6 is 0 Å². The maximum Gasteiger partial charge on any atom is 0.417 e. The van der Waals surface area contributed by atoms with E-state index in [2.05, 4.69) is 10.2 Å². The standard InChI is InChI=1S/C22H8F10N2/c23-15-13-14(16(24)18(26)17(15)25)20(34-33-19(13)9-4-2-1-3-5-9)11-7-6-10(21(27,28)29)8-12(11)22(30,31)32/h1-8H. The molecule has 0 aliphatic rings. The van der Waals surface area contributed by atoms with Gasteiger partial charge in [0, 0.05) is 11.1 Å². The summed E-state index contributed by atoms with van der Waals surface area (Å²) in [7, 11) is 0. The van der Waals surface area contributed by atoms with E-state index in [-0.39, 0.29) is 17.7 Å². The predicted octanol–water partition coefficient (Wildman–Crippen LogP) is 7.56. The van der Waals surface area contributed by atoms with Gasteiger partial charge in [0.15, 0.2) is 23.3 Å². The third-order valence-corrected chi connectivity index (χ3v) is 4.95. The van der Waals surface area contributed by atoms with Gasteiger partial charge < -0.3 is 0 Å². The number of fused-ring (bicyclic) bond motifs is 1. The van der Waals surface area contributed by atoms with E-state index in [1.54, 1.807) is 0 Å². The van der Waals surface area contributed by atoms with Crippen molar-refractivity contribution in [1.82, 2.24) is 10.2 Å². The molecule has 4 aromatic rings. The van der Waals surface area contributed by atoms with E-state index in [1.807, 2.05) is 0 Å². The molecule has 1 aromatic heterocycles. The summed E-state index contributed by atoms with van der Waals surface area (Å²) < 4.78 is 138. The Labute approximate surface area is 183 Å². The number of aromatic nitrogens is 2. The zero-order valence-electron chi connectivity index (χ0n) is 16.3. The van der Waals surface area contributed by atoms with Crippen LogP contribution in [0.5, 0.6) is 0 Å². The molecule has 0 saturated heterocycles. The zero-order valence-corrected chi connectivity index (χ0v) is 16.3. The summed E-state index contributed by atoms with van der Waals surface area (Å²) in [5.41, 5.74) is -6.32. The Bertz CT molecular complexity index is 1410. The number of benzene rings is 3. The molecular formula is C22H8F10N2. The first-order chi connectivity index (χ1) is 15.8. The zero-order chi connectivity index (χ0) is 25.0. The fourth-order valence-corrected chi connectivity index (χ4v) is 3.42. The van der Waals surface area contributed by atoms with Crippen LogP contribution in [0.4, 0.5) is 43.9 Å². The summed E-state index contributed by atoms with van der Waals surface area (Å²) in [5.74, 6) is -8.61. The van der Waals surface area contributed by atoms with E-state index in [0.29, 0.717) is 6.07 Å². The molecule has 0 radical (unpaired) electrons. The first-order valence-electron chi connectivity index (χ1n) is 9.19. The van der Waals surface area contributed by atoms with Gasteiger partial charge >= 0.3 is 12.4 Å². The number of alkyl halides is 6. The summed E-state index contributed by atoms with van der Waals surface area (Å²) in [6.07, 6.45) is -10.6. The van der Waals surface area contributed by atoms with Gasteiger partial charge in [-0.2, -0.15) is 26.3 Å². The van der Waals surface area contributed by atoms with Crippen molar-refractivity contribution in [3.05, 3.63) is 82.9 Å². The third-order valence-electron chi connectivity index (χ3n) is 4.95. The minimum absolute atomic E-state index is 0.0410. The molecule has 34 heavy (non-hydrogen) atoms. The van der Waals surface area contributed by atoms with Gasteiger partial charge in [0.2, 0.25) is 0 Å². The Balaban J connectivity index is 2.16. The van der Waals surface area contributed by atoms with Gasteiger partial charge in [0.25, 0.3) is 0 Å². The molecule has 0 bridgehead atoms. The first kappa shape index (κ1) is 23.5. The fourth-order valence-electron chi connectivity index (χ4n) is 3.42. The number of halogens is 10. The second kappa shape index (κ2) is 7.96. The average Bonchev–Trinajstić information content (AvgIpc) is 2.79. The highest BCUT2D eigenvalue weighted by Gasteiger charge is 2.39. The van der Waals surface area contributed by atoms with E-state index in [4.69, 9.17) is 0 Å². The van der Waals surface area contributed by atoms with Crippen LogP contribution in [0, 0.1) is 23.3 Å². The van der Waals surface area contributed by atoms with Crippen molar-refractivity contribution in [3.8, 4) is 22.5 Å². The highest BCUT2D eigenvalue weighted by Crippen LogP contribution is 2.44. The number of nitrogens with zero attached hydrogens (tertiary/aromatic N) is 2. The summed E-state index contributed by atoms with van der Waals surface area (Å²) in [6.45, 7) is 0. The molecule has 1 heterocycles. The van der Waals surface area contributed by atoms with Crippen LogP contribution in [0.3, 0.4) is 0 Å². The lowest BCUT2D eigenvalue weighted by Gasteiger charge is -2.18. The Hall–Kier alpha value is -3.70. The largest absolute Gasteiger partial charge is 0.417 e. The SMILES string of the molecule is Fc1c(F)c(F)c2c(-c3ccc(C(F)(F)F)cc3C(F)(F)F)nnc(-c3ccccc3)c2c1F. The maximum absolute atomic E-state index is 14.9. The van der Waals surface area contributed by atoms with Gasteiger partial charge in [-0.15, -0.1) is 10.2 Å². The van der Waals surface area contributed by atoms with E-state index in [0.717, 1.165) is 0 Å². The highest BCUT2D eigenvalue weighted by atomic mass is 19.4. The second-order valence-electron chi connectivity index (χ2n) is 7.03. The molecule has 0 amide bonds. The molecule has 0 spiro atoms. The van der Waals surface area contributed by atoms with Crippen molar-refractivity contribution in [2.45, 2.75) is 12.4 Å². The Morgan fingerprint density at radius 1 is 0.559 bits per heavy atom. The smallest absolute Gasteiger partial charge is 0.203 e. The molecule has 3 aromatic carbocycles. The fraction of sp³-hybridized carbons (Fsp3) is 0.0909. The molecular weight excluding hydrogens is 482 g/mol. The van der Waals surface area contributed by atoms with Crippen LogP contribution in [0.15, 0.2) is 48.5 Å². The van der Waals surface area contributed by atoms with Crippen LogP contribution in [0.1, 0.15) is 11.1 Å². The number of hydrogen-bond donors (Lipinski definition) is 0. The monoisotopic (exact) mass is 490 g/mol. The van der Waals surface area contributed by atoms with Gasteiger partial charge in [-0.3, -0.25) is 0 Å². The van der Waals surface area contributed by atoms with Gasteiger partial charge in [0.1, 0.15) is 11.4 Å². The van der Waals surface area contributed by atoms with Crippen LogP contribution in [0.25, 0.3) is 33.3 Å². The topological polar surface area (TPSA) is 25.8 Å². The molecule has 0 aliphatic heterocycles.